The summed E-state index contributed by atoms with van der Waals surface area (Å²) >= 11 is 13.8. The van der Waals surface area contributed by atoms with Gasteiger partial charge in [-0.3, -0.25) is 4.79 Å². The van der Waals surface area contributed by atoms with Gasteiger partial charge in [-0.1, -0.05) is 83.5 Å². The largest absolute Gasteiger partial charge is 0.380 e. The van der Waals surface area contributed by atoms with Crippen LogP contribution in [0.25, 0.3) is 22.3 Å². The summed E-state index contributed by atoms with van der Waals surface area (Å²) < 4.78 is 19.1. The zero-order valence-electron chi connectivity index (χ0n) is 21.6. The number of hydrogen-bond acceptors (Lipinski definition) is 4. The van der Waals surface area contributed by atoms with E-state index in [0.717, 1.165) is 21.2 Å². The van der Waals surface area contributed by atoms with Crippen LogP contribution in [-0.2, 0) is 0 Å². The van der Waals surface area contributed by atoms with E-state index < -0.39 is 11.9 Å². The van der Waals surface area contributed by atoms with Crippen LogP contribution in [0.15, 0.2) is 113 Å². The van der Waals surface area contributed by atoms with Gasteiger partial charge in [-0.15, -0.1) is 0 Å². The Hall–Kier alpha value is -3.88. The highest BCUT2D eigenvalue weighted by Gasteiger charge is 2.23. The van der Waals surface area contributed by atoms with E-state index in [-0.39, 0.29) is 10.8 Å². The van der Waals surface area contributed by atoms with Crippen LogP contribution in [0.5, 0.6) is 0 Å². The number of fused-ring (bicyclic) bond motifs is 1. The predicted octanol–water partition coefficient (Wildman–Crippen LogP) is 8.64. The lowest BCUT2D eigenvalue weighted by Gasteiger charge is -2.12. The third-order valence-electron chi connectivity index (χ3n) is 6.80. The van der Waals surface area contributed by atoms with Crippen LogP contribution in [0, 0.1) is 12.7 Å². The standard InChI is InChI=1S/C32H22Cl2FN3O2S/c1-19-32(41-25-12-5-9-21(15-25)31(40)30(39)20-7-3-2-4-8-20)26-13-14-27(34)28(35)29(26)38(19)24-17-36-37(18-24)23-11-6-10-22(33)16-23/h2-18,31,40H,1H3. The molecule has 2 heterocycles. The molecular formula is C32H22Cl2FN3O2S. The second-order valence-corrected chi connectivity index (χ2v) is 11.4. The first-order valence-corrected chi connectivity index (χ1v) is 14.2. The smallest absolute Gasteiger partial charge is 0.195 e. The third kappa shape index (κ3) is 5.18. The maximum Gasteiger partial charge on any atom is 0.195 e. The minimum absolute atomic E-state index is 0.0135. The molecule has 4 aromatic carbocycles. The highest BCUT2D eigenvalue weighted by molar-refractivity contribution is 7.99. The highest BCUT2D eigenvalue weighted by atomic mass is 35.5. The van der Waals surface area contributed by atoms with Gasteiger partial charge in [0.05, 0.1) is 34.3 Å². The molecule has 0 saturated heterocycles. The average molecular weight is 603 g/mol. The van der Waals surface area contributed by atoms with Gasteiger partial charge in [-0.2, -0.15) is 5.10 Å². The quantitative estimate of drug-likeness (QED) is 0.186. The third-order valence-corrected chi connectivity index (χ3v) is 8.54. The molecule has 0 radical (unpaired) electrons. The fourth-order valence-electron chi connectivity index (χ4n) is 4.82. The molecule has 0 aliphatic carbocycles. The van der Waals surface area contributed by atoms with E-state index in [1.165, 1.54) is 11.8 Å². The SMILES string of the molecule is Cc1c(Sc2cccc(C(O)C(=O)c3ccccc3)c2)c2ccc(Cl)c(F)c2n1-c1cnn(-c2cccc(Cl)c2)c1. The van der Waals surface area contributed by atoms with E-state index in [2.05, 4.69) is 5.10 Å². The van der Waals surface area contributed by atoms with E-state index in [9.17, 15) is 9.90 Å². The average Bonchev–Trinajstić information content (AvgIpc) is 3.58. The first-order valence-electron chi connectivity index (χ1n) is 12.7. The Morgan fingerprint density at radius 3 is 2.51 bits per heavy atom. The van der Waals surface area contributed by atoms with Crippen LogP contribution in [0.4, 0.5) is 4.39 Å². The van der Waals surface area contributed by atoms with E-state index in [0.29, 0.717) is 32.7 Å². The van der Waals surface area contributed by atoms with Crippen molar-refractivity contribution in [1.82, 2.24) is 14.3 Å². The second kappa shape index (κ2) is 11.2. The van der Waals surface area contributed by atoms with Crippen molar-refractivity contribution in [1.29, 1.82) is 0 Å². The fourth-order valence-corrected chi connectivity index (χ4v) is 6.25. The first kappa shape index (κ1) is 27.3. The van der Waals surface area contributed by atoms with Crippen molar-refractivity contribution in [2.75, 3.05) is 0 Å². The van der Waals surface area contributed by atoms with Crippen molar-refractivity contribution >= 4 is 51.6 Å². The van der Waals surface area contributed by atoms with Gasteiger partial charge in [0.2, 0.25) is 0 Å². The molecular weight excluding hydrogens is 580 g/mol. The molecule has 1 N–H and O–H groups in total. The van der Waals surface area contributed by atoms with Gasteiger partial charge < -0.3 is 9.67 Å². The van der Waals surface area contributed by atoms with Gasteiger partial charge in [0, 0.05) is 31.5 Å². The van der Waals surface area contributed by atoms with Crippen LogP contribution in [0.3, 0.4) is 0 Å². The van der Waals surface area contributed by atoms with Crippen LogP contribution in [-0.4, -0.2) is 25.2 Å². The summed E-state index contributed by atoms with van der Waals surface area (Å²) in [7, 11) is 0. The van der Waals surface area contributed by atoms with Crippen LogP contribution in [0.2, 0.25) is 10.0 Å². The first-order chi connectivity index (χ1) is 19.8. The molecule has 0 spiro atoms. The predicted molar refractivity (Wildman–Crippen MR) is 161 cm³/mol. The van der Waals surface area contributed by atoms with E-state index in [4.69, 9.17) is 23.2 Å². The minimum Gasteiger partial charge on any atom is -0.380 e. The number of aliphatic hydroxyl groups excluding tert-OH is 1. The maximum atomic E-state index is 15.6. The molecule has 0 aliphatic heterocycles. The molecule has 6 aromatic rings. The minimum atomic E-state index is -1.31. The number of hydrogen-bond donors (Lipinski definition) is 1. The maximum absolute atomic E-state index is 15.6. The zero-order chi connectivity index (χ0) is 28.7. The lowest BCUT2D eigenvalue weighted by molar-refractivity contribution is 0.0747. The van der Waals surface area contributed by atoms with Gasteiger partial charge in [0.1, 0.15) is 6.10 Å². The highest BCUT2D eigenvalue weighted by Crippen LogP contribution is 2.42. The number of rotatable bonds is 7. The lowest BCUT2D eigenvalue weighted by atomic mass is 10.0. The molecule has 6 rings (SSSR count). The summed E-state index contributed by atoms with van der Waals surface area (Å²) in [6.45, 7) is 1.91. The Morgan fingerprint density at radius 2 is 1.73 bits per heavy atom. The van der Waals surface area contributed by atoms with Crippen molar-refractivity contribution in [2.24, 2.45) is 0 Å². The molecule has 1 atom stereocenters. The second-order valence-electron chi connectivity index (χ2n) is 9.44. The van der Waals surface area contributed by atoms with Crippen LogP contribution >= 0.6 is 35.0 Å². The molecule has 9 heteroatoms. The lowest BCUT2D eigenvalue weighted by Crippen LogP contribution is -2.12. The normalized spacial score (nSPS) is 12.1. The van der Waals surface area contributed by atoms with E-state index >= 15 is 4.39 Å². The van der Waals surface area contributed by atoms with Gasteiger partial charge in [-0.25, -0.2) is 9.07 Å². The number of nitrogens with zero attached hydrogens (tertiary/aromatic N) is 3. The number of carbonyl (C=O) groups is 1. The number of Topliss-reactive ketones (excluding diaryl/α,β-unsaturated/α-hetero) is 1. The molecule has 2 aromatic heterocycles. The number of benzene rings is 4. The summed E-state index contributed by atoms with van der Waals surface area (Å²) in [6, 6.07) is 26.5. The Balaban J connectivity index is 1.40. The number of ketones is 1. The molecule has 0 amide bonds. The van der Waals surface area contributed by atoms with Crippen molar-refractivity contribution in [2.45, 2.75) is 22.8 Å². The van der Waals surface area contributed by atoms with Crippen LogP contribution < -0.4 is 0 Å². The molecule has 0 fully saturated rings. The summed E-state index contributed by atoms with van der Waals surface area (Å²) in [6.07, 6.45) is 2.15. The van der Waals surface area contributed by atoms with Crippen molar-refractivity contribution in [3.8, 4) is 11.4 Å². The monoisotopic (exact) mass is 601 g/mol. The number of halogens is 3. The fraction of sp³-hybridized carbons (Fsp3) is 0.0625. The van der Waals surface area contributed by atoms with Gasteiger partial charge in [0.15, 0.2) is 11.6 Å². The van der Waals surface area contributed by atoms with Gasteiger partial charge >= 0.3 is 0 Å². The van der Waals surface area contributed by atoms with E-state index in [1.54, 1.807) is 88.4 Å². The van der Waals surface area contributed by atoms with Gasteiger partial charge in [-0.05, 0) is 55.0 Å². The number of aromatic nitrogens is 3. The summed E-state index contributed by atoms with van der Waals surface area (Å²) in [5.41, 5.74) is 3.44. The Labute approximate surface area is 249 Å². The molecule has 1 unspecified atom stereocenters. The molecule has 5 nitrogen and oxygen atoms in total. The summed E-state index contributed by atoms with van der Waals surface area (Å²) in [4.78, 5) is 14.5. The molecule has 0 saturated carbocycles. The summed E-state index contributed by atoms with van der Waals surface area (Å²) in [5.74, 6) is -0.916. The Kier molecular flexibility index (Phi) is 7.45. The molecule has 204 valence electrons. The molecule has 41 heavy (non-hydrogen) atoms. The van der Waals surface area contributed by atoms with Crippen molar-refractivity contribution in [3.05, 3.63) is 136 Å². The summed E-state index contributed by atoms with van der Waals surface area (Å²) in [5, 5.41) is 16.6. The Bertz CT molecular complexity index is 1920. The number of aliphatic hydroxyl groups is 1. The Morgan fingerprint density at radius 1 is 0.951 bits per heavy atom. The van der Waals surface area contributed by atoms with Crippen molar-refractivity contribution < 1.29 is 14.3 Å². The van der Waals surface area contributed by atoms with E-state index in [1.807, 2.05) is 31.2 Å². The van der Waals surface area contributed by atoms with Crippen LogP contribution in [0.1, 0.15) is 27.7 Å². The molecule has 0 aliphatic rings. The van der Waals surface area contributed by atoms with Crippen molar-refractivity contribution in [3.63, 3.8) is 0 Å². The zero-order valence-corrected chi connectivity index (χ0v) is 24.0. The number of carbonyl (C=O) groups excluding carboxylic acids is 1. The topological polar surface area (TPSA) is 60.0 Å². The molecule has 0 bridgehead atoms. The van der Waals surface area contributed by atoms with Gasteiger partial charge in [0.25, 0.3) is 0 Å².